The topological polar surface area (TPSA) is 49.8 Å². The summed E-state index contributed by atoms with van der Waals surface area (Å²) in [6, 6.07) is 1.45. The summed E-state index contributed by atoms with van der Waals surface area (Å²) in [5.74, 6) is -5.00. The lowest BCUT2D eigenvalue weighted by atomic mass is 10.2. The maximum atomic E-state index is 13.7. The first-order valence-electron chi connectivity index (χ1n) is 7.25. The first-order chi connectivity index (χ1) is 11.6. The fraction of sp³-hybridized carbons (Fsp3) is 0.333. The molecule has 0 amide bonds. The molecule has 25 heavy (non-hydrogen) atoms. The minimum Gasteiger partial charge on any atom is -0.352 e. The number of anilines is 3. The first kappa shape index (κ1) is 18.8. The molecular formula is C15H14F6N4. The molecule has 10 heteroatoms. The van der Waals surface area contributed by atoms with Crippen LogP contribution in [0.5, 0.6) is 0 Å². The van der Waals surface area contributed by atoms with Gasteiger partial charge in [0.2, 0.25) is 5.95 Å². The maximum Gasteiger partial charge on any atom is 0.433 e. The van der Waals surface area contributed by atoms with Gasteiger partial charge < -0.3 is 10.6 Å². The molecule has 0 aliphatic carbocycles. The Balaban J connectivity index is 2.46. The SMILES string of the molecule is CC[C@@H](C)Nc1nc(Nc2c(F)ccc(F)c2F)cc(C(F)(F)F)n1. The monoisotopic (exact) mass is 364 g/mol. The fourth-order valence-corrected chi connectivity index (χ4v) is 1.81. The number of halogens is 6. The molecule has 0 radical (unpaired) electrons. The quantitative estimate of drug-likeness (QED) is 0.587. The zero-order valence-corrected chi connectivity index (χ0v) is 13.2. The van der Waals surface area contributed by atoms with Gasteiger partial charge in [-0.1, -0.05) is 6.92 Å². The van der Waals surface area contributed by atoms with Crippen molar-refractivity contribution in [3.05, 3.63) is 41.3 Å². The van der Waals surface area contributed by atoms with Gasteiger partial charge >= 0.3 is 6.18 Å². The summed E-state index contributed by atoms with van der Waals surface area (Å²) in [5, 5.41) is 4.69. The molecular weight excluding hydrogens is 350 g/mol. The normalized spacial score (nSPS) is 12.8. The highest BCUT2D eigenvalue weighted by Crippen LogP contribution is 2.31. The van der Waals surface area contributed by atoms with E-state index in [9.17, 15) is 26.3 Å². The average molecular weight is 364 g/mol. The van der Waals surface area contributed by atoms with E-state index in [1.807, 2.05) is 5.32 Å². The number of nitrogens with zero attached hydrogens (tertiary/aromatic N) is 2. The Morgan fingerprint density at radius 1 is 1.08 bits per heavy atom. The average Bonchev–Trinajstić information content (AvgIpc) is 2.54. The molecule has 0 saturated carbocycles. The number of aromatic nitrogens is 2. The first-order valence-corrected chi connectivity index (χ1v) is 7.25. The van der Waals surface area contributed by atoms with E-state index in [-0.39, 0.29) is 12.0 Å². The van der Waals surface area contributed by atoms with Gasteiger partial charge in [0.1, 0.15) is 17.3 Å². The minimum absolute atomic E-state index is 0.237. The highest BCUT2D eigenvalue weighted by molar-refractivity contribution is 5.59. The van der Waals surface area contributed by atoms with Crippen molar-refractivity contribution in [2.45, 2.75) is 32.5 Å². The molecule has 0 saturated heterocycles. The van der Waals surface area contributed by atoms with Crippen LogP contribution in [0.15, 0.2) is 18.2 Å². The van der Waals surface area contributed by atoms with E-state index in [2.05, 4.69) is 15.3 Å². The molecule has 1 heterocycles. The summed E-state index contributed by atoms with van der Waals surface area (Å²) in [6.45, 7) is 3.49. The minimum atomic E-state index is -4.80. The predicted molar refractivity (Wildman–Crippen MR) is 80.0 cm³/mol. The van der Waals surface area contributed by atoms with Gasteiger partial charge in [0.05, 0.1) is 0 Å². The van der Waals surface area contributed by atoms with Crippen LogP contribution in [0, 0.1) is 17.5 Å². The van der Waals surface area contributed by atoms with Crippen molar-refractivity contribution >= 4 is 17.5 Å². The second kappa shape index (κ2) is 7.16. The van der Waals surface area contributed by atoms with E-state index in [4.69, 9.17) is 0 Å². The molecule has 0 aliphatic rings. The molecule has 0 spiro atoms. The van der Waals surface area contributed by atoms with Crippen LogP contribution in [-0.2, 0) is 6.18 Å². The Morgan fingerprint density at radius 2 is 1.72 bits per heavy atom. The predicted octanol–water partition coefficient (Wildman–Crippen LogP) is 4.87. The summed E-state index contributed by atoms with van der Waals surface area (Å²) in [5.41, 5.74) is -2.26. The van der Waals surface area contributed by atoms with Crippen molar-refractivity contribution in [1.82, 2.24) is 9.97 Å². The number of nitrogens with one attached hydrogen (secondary N) is 2. The molecule has 2 N–H and O–H groups in total. The molecule has 0 fully saturated rings. The number of benzene rings is 1. The van der Waals surface area contributed by atoms with E-state index in [1.54, 1.807) is 13.8 Å². The maximum absolute atomic E-state index is 13.7. The zero-order valence-electron chi connectivity index (χ0n) is 13.2. The van der Waals surface area contributed by atoms with Crippen molar-refractivity contribution in [3.63, 3.8) is 0 Å². The Kier molecular flexibility index (Phi) is 5.39. The number of rotatable bonds is 5. The molecule has 1 aromatic heterocycles. The third kappa shape index (κ3) is 4.52. The molecule has 0 unspecified atom stereocenters. The molecule has 2 aromatic rings. The lowest BCUT2D eigenvalue weighted by Gasteiger charge is -2.16. The van der Waals surface area contributed by atoms with Crippen LogP contribution in [-0.4, -0.2) is 16.0 Å². The van der Waals surface area contributed by atoms with Gasteiger partial charge in [0.15, 0.2) is 17.3 Å². The van der Waals surface area contributed by atoms with Crippen LogP contribution in [0.4, 0.5) is 43.8 Å². The van der Waals surface area contributed by atoms with E-state index < -0.39 is 40.8 Å². The Hall–Kier alpha value is -2.52. The lowest BCUT2D eigenvalue weighted by Crippen LogP contribution is -2.19. The van der Waals surface area contributed by atoms with Gasteiger partial charge in [-0.3, -0.25) is 0 Å². The Morgan fingerprint density at radius 3 is 2.32 bits per heavy atom. The molecule has 1 atom stereocenters. The van der Waals surface area contributed by atoms with Crippen molar-refractivity contribution in [3.8, 4) is 0 Å². The summed E-state index contributed by atoms with van der Waals surface area (Å²) < 4.78 is 79.5. The van der Waals surface area contributed by atoms with E-state index >= 15 is 0 Å². The number of alkyl halides is 3. The van der Waals surface area contributed by atoms with Crippen molar-refractivity contribution < 1.29 is 26.3 Å². The fourth-order valence-electron chi connectivity index (χ4n) is 1.81. The third-order valence-electron chi connectivity index (χ3n) is 3.30. The molecule has 0 aliphatic heterocycles. The van der Waals surface area contributed by atoms with Crippen molar-refractivity contribution in [1.29, 1.82) is 0 Å². The van der Waals surface area contributed by atoms with E-state index in [0.29, 0.717) is 24.6 Å². The lowest BCUT2D eigenvalue weighted by molar-refractivity contribution is -0.141. The largest absolute Gasteiger partial charge is 0.433 e. The van der Waals surface area contributed by atoms with Crippen LogP contribution in [0.25, 0.3) is 0 Å². The second-order valence-electron chi connectivity index (χ2n) is 5.26. The van der Waals surface area contributed by atoms with Crippen molar-refractivity contribution in [2.24, 2.45) is 0 Å². The molecule has 2 rings (SSSR count). The van der Waals surface area contributed by atoms with Crippen LogP contribution in [0.3, 0.4) is 0 Å². The summed E-state index contributed by atoms with van der Waals surface area (Å²) >= 11 is 0. The highest BCUT2D eigenvalue weighted by atomic mass is 19.4. The van der Waals surface area contributed by atoms with E-state index in [0.717, 1.165) is 0 Å². The van der Waals surface area contributed by atoms with Gasteiger partial charge in [-0.25, -0.2) is 18.2 Å². The van der Waals surface area contributed by atoms with Crippen molar-refractivity contribution in [2.75, 3.05) is 10.6 Å². The van der Waals surface area contributed by atoms with Gasteiger partial charge in [0.25, 0.3) is 0 Å². The molecule has 136 valence electrons. The van der Waals surface area contributed by atoms with E-state index in [1.165, 1.54) is 0 Å². The van der Waals surface area contributed by atoms with Gasteiger partial charge in [-0.05, 0) is 25.5 Å². The van der Waals surface area contributed by atoms with Gasteiger partial charge in [-0.2, -0.15) is 18.2 Å². The van der Waals surface area contributed by atoms with Gasteiger partial charge in [-0.15, -0.1) is 0 Å². The smallest absolute Gasteiger partial charge is 0.352 e. The van der Waals surface area contributed by atoms with Crippen LogP contribution >= 0.6 is 0 Å². The zero-order chi connectivity index (χ0) is 18.8. The van der Waals surface area contributed by atoms with Gasteiger partial charge in [0, 0.05) is 12.1 Å². The second-order valence-corrected chi connectivity index (χ2v) is 5.26. The molecule has 1 aromatic carbocycles. The van der Waals surface area contributed by atoms with Crippen LogP contribution in [0.2, 0.25) is 0 Å². The molecule has 0 bridgehead atoms. The molecule has 4 nitrogen and oxygen atoms in total. The standard InChI is InChI=1S/C15H14F6N4/c1-3-7(2)22-14-23-10(15(19,20)21)6-11(25-14)24-13-9(17)5-4-8(16)12(13)18/h4-7H,3H2,1-2H3,(H2,22,23,24,25)/t7-/m1/s1. The summed E-state index contributed by atoms with van der Waals surface area (Å²) in [7, 11) is 0. The van der Waals surface area contributed by atoms with Crippen LogP contribution in [0.1, 0.15) is 26.0 Å². The summed E-state index contributed by atoms with van der Waals surface area (Å²) in [6.07, 6.45) is -4.22. The summed E-state index contributed by atoms with van der Waals surface area (Å²) in [4.78, 5) is 7.10. The number of hydrogen-bond donors (Lipinski definition) is 2. The van der Waals surface area contributed by atoms with Crippen LogP contribution < -0.4 is 10.6 Å². The number of hydrogen-bond acceptors (Lipinski definition) is 4. The Bertz CT molecular complexity index is 762. The third-order valence-corrected chi connectivity index (χ3v) is 3.30. The Labute approximate surface area is 139 Å². The highest BCUT2D eigenvalue weighted by Gasteiger charge is 2.34.